The first kappa shape index (κ1) is 17.0. The highest BCUT2D eigenvalue weighted by molar-refractivity contribution is 5.91. The van der Waals surface area contributed by atoms with E-state index in [1.807, 2.05) is 54.6 Å². The summed E-state index contributed by atoms with van der Waals surface area (Å²) in [4.78, 5) is 12.5. The van der Waals surface area contributed by atoms with Crippen LogP contribution in [0.4, 0.5) is 4.79 Å². The second-order valence-corrected chi connectivity index (χ2v) is 6.62. The number of aromatic nitrogens is 2. The molecule has 5 nitrogen and oxygen atoms in total. The van der Waals surface area contributed by atoms with Gasteiger partial charge in [-0.05, 0) is 54.8 Å². The van der Waals surface area contributed by atoms with Crippen molar-refractivity contribution in [2.75, 3.05) is 0 Å². The van der Waals surface area contributed by atoms with Crippen LogP contribution in [0.15, 0.2) is 66.7 Å². The molecule has 1 heterocycles. The monoisotopic (exact) mass is 359 g/mol. The van der Waals surface area contributed by atoms with Gasteiger partial charge in [-0.2, -0.15) is 0 Å². The normalized spacial score (nSPS) is 10.9. The average Bonchev–Trinajstić information content (AvgIpc) is 2.66. The van der Waals surface area contributed by atoms with Crippen LogP contribution >= 0.6 is 0 Å². The summed E-state index contributed by atoms with van der Waals surface area (Å²) >= 11 is 0. The summed E-state index contributed by atoms with van der Waals surface area (Å²) in [6.45, 7) is 4.63. The van der Waals surface area contributed by atoms with E-state index in [9.17, 15) is 4.79 Å². The molecule has 0 bridgehead atoms. The minimum Gasteiger partial charge on any atom is -0.457 e. The molecule has 0 aliphatic rings. The summed E-state index contributed by atoms with van der Waals surface area (Å²) in [6.07, 6.45) is 0. The number of aryl methyl sites for hydroxylation is 2. The molecule has 0 unspecified atom stereocenters. The van der Waals surface area contributed by atoms with Crippen molar-refractivity contribution in [1.29, 1.82) is 0 Å². The van der Waals surface area contributed by atoms with Crippen molar-refractivity contribution in [2.24, 2.45) is 0 Å². The Morgan fingerprint density at radius 3 is 2.56 bits per heavy atom. The summed E-state index contributed by atoms with van der Waals surface area (Å²) in [6, 6.07) is 21.2. The smallest absolute Gasteiger partial charge is 0.341 e. The summed E-state index contributed by atoms with van der Waals surface area (Å²) < 4.78 is 7.34. The van der Waals surface area contributed by atoms with Crippen LogP contribution in [0, 0.1) is 13.8 Å². The SMILES string of the molecule is Cc1ccc(CNC(=O)n2[nH]c3ccc(Oc4ccccc4)cc32)cc1C. The highest BCUT2D eigenvalue weighted by Crippen LogP contribution is 2.26. The van der Waals surface area contributed by atoms with Crippen LogP contribution in [-0.4, -0.2) is 15.8 Å². The molecule has 4 aromatic rings. The fourth-order valence-electron chi connectivity index (χ4n) is 2.94. The Labute approximate surface area is 157 Å². The van der Waals surface area contributed by atoms with E-state index in [1.165, 1.54) is 15.8 Å². The highest BCUT2D eigenvalue weighted by atomic mass is 16.5. The van der Waals surface area contributed by atoms with Crippen LogP contribution in [-0.2, 0) is 6.54 Å². The van der Waals surface area contributed by atoms with E-state index < -0.39 is 0 Å². The van der Waals surface area contributed by atoms with Crippen molar-refractivity contribution >= 4 is 17.1 Å². The molecule has 2 N–H and O–H groups in total. The molecular formula is C22H21N3O2. The molecule has 0 saturated carbocycles. The van der Waals surface area contributed by atoms with Gasteiger partial charge in [0.2, 0.25) is 0 Å². The Bertz CT molecular complexity index is 1090. The van der Waals surface area contributed by atoms with E-state index in [0.717, 1.165) is 22.3 Å². The van der Waals surface area contributed by atoms with Crippen molar-refractivity contribution in [2.45, 2.75) is 20.4 Å². The molecular weight excluding hydrogens is 338 g/mol. The molecule has 3 aromatic carbocycles. The second kappa shape index (κ2) is 7.03. The lowest BCUT2D eigenvalue weighted by atomic mass is 10.1. The van der Waals surface area contributed by atoms with Crippen LogP contribution in [0.2, 0.25) is 0 Å². The zero-order valence-electron chi connectivity index (χ0n) is 15.3. The molecule has 0 atom stereocenters. The number of carbonyl (C=O) groups excluding carboxylic acids is 1. The molecule has 0 fully saturated rings. The van der Waals surface area contributed by atoms with Crippen molar-refractivity contribution in [3.8, 4) is 11.5 Å². The second-order valence-electron chi connectivity index (χ2n) is 6.62. The van der Waals surface area contributed by atoms with Gasteiger partial charge in [-0.3, -0.25) is 5.10 Å². The maximum atomic E-state index is 12.5. The minimum atomic E-state index is -0.197. The number of carbonyl (C=O) groups is 1. The molecule has 0 aliphatic carbocycles. The molecule has 0 radical (unpaired) electrons. The average molecular weight is 359 g/mol. The van der Waals surface area contributed by atoms with E-state index in [0.29, 0.717) is 12.3 Å². The van der Waals surface area contributed by atoms with Gasteiger partial charge < -0.3 is 10.1 Å². The molecule has 0 spiro atoms. The Morgan fingerprint density at radius 1 is 0.963 bits per heavy atom. The van der Waals surface area contributed by atoms with Crippen molar-refractivity contribution in [1.82, 2.24) is 15.1 Å². The van der Waals surface area contributed by atoms with Crippen molar-refractivity contribution in [3.63, 3.8) is 0 Å². The first-order valence-corrected chi connectivity index (χ1v) is 8.88. The topological polar surface area (TPSA) is 59.0 Å². The number of nitrogens with zero attached hydrogens (tertiary/aromatic N) is 1. The van der Waals surface area contributed by atoms with Crippen molar-refractivity contribution < 1.29 is 9.53 Å². The van der Waals surface area contributed by atoms with Crippen LogP contribution in [0.3, 0.4) is 0 Å². The molecule has 27 heavy (non-hydrogen) atoms. The molecule has 0 saturated heterocycles. The molecule has 136 valence electrons. The van der Waals surface area contributed by atoms with Gasteiger partial charge in [0.05, 0.1) is 11.0 Å². The fourth-order valence-corrected chi connectivity index (χ4v) is 2.94. The van der Waals surface area contributed by atoms with Gasteiger partial charge in [-0.1, -0.05) is 36.4 Å². The number of ether oxygens (including phenoxy) is 1. The number of aromatic amines is 1. The van der Waals surface area contributed by atoms with Gasteiger partial charge in [0.25, 0.3) is 0 Å². The third-order valence-electron chi connectivity index (χ3n) is 4.64. The Hall–Kier alpha value is -3.47. The van der Waals surface area contributed by atoms with Crippen LogP contribution in [0.1, 0.15) is 16.7 Å². The summed E-state index contributed by atoms with van der Waals surface area (Å²) in [5, 5.41) is 5.98. The molecule has 4 rings (SSSR count). The maximum absolute atomic E-state index is 12.5. The van der Waals surface area contributed by atoms with Crippen LogP contribution in [0.5, 0.6) is 11.5 Å². The predicted molar refractivity (Wildman–Crippen MR) is 106 cm³/mol. The first-order valence-electron chi connectivity index (χ1n) is 8.88. The van der Waals surface area contributed by atoms with E-state index >= 15 is 0 Å². The minimum absolute atomic E-state index is 0.197. The fraction of sp³-hybridized carbons (Fsp3) is 0.136. The molecule has 1 amide bonds. The molecule has 5 heteroatoms. The van der Waals surface area contributed by atoms with Crippen molar-refractivity contribution in [3.05, 3.63) is 83.4 Å². The third-order valence-corrected chi connectivity index (χ3v) is 4.64. The van der Waals surface area contributed by atoms with E-state index in [2.05, 4.69) is 36.4 Å². The zero-order valence-corrected chi connectivity index (χ0v) is 15.3. The van der Waals surface area contributed by atoms with Gasteiger partial charge in [0.15, 0.2) is 0 Å². The number of nitrogens with one attached hydrogen (secondary N) is 2. The number of benzene rings is 3. The third kappa shape index (κ3) is 3.58. The Morgan fingerprint density at radius 2 is 1.78 bits per heavy atom. The largest absolute Gasteiger partial charge is 0.457 e. The lowest BCUT2D eigenvalue weighted by molar-refractivity contribution is 0.239. The quantitative estimate of drug-likeness (QED) is 0.530. The number of fused-ring (bicyclic) bond motifs is 1. The lowest BCUT2D eigenvalue weighted by Gasteiger charge is -2.17. The summed E-state index contributed by atoms with van der Waals surface area (Å²) in [7, 11) is 0. The summed E-state index contributed by atoms with van der Waals surface area (Å²) in [5.41, 5.74) is 5.23. The maximum Gasteiger partial charge on any atom is 0.341 e. The van der Waals surface area contributed by atoms with Gasteiger partial charge >= 0.3 is 6.03 Å². The predicted octanol–water partition coefficient (Wildman–Crippen LogP) is 5.14. The molecule has 1 aromatic heterocycles. The Balaban J connectivity index is 1.47. The number of rotatable bonds is 4. The Kier molecular flexibility index (Phi) is 4.42. The highest BCUT2D eigenvalue weighted by Gasteiger charge is 2.13. The number of para-hydroxylation sites is 1. The van der Waals surface area contributed by atoms with E-state index in [1.54, 1.807) is 0 Å². The lowest BCUT2D eigenvalue weighted by Crippen LogP contribution is -2.32. The number of hydrogen-bond donors (Lipinski definition) is 2. The summed E-state index contributed by atoms with van der Waals surface area (Å²) in [5.74, 6) is 1.45. The van der Waals surface area contributed by atoms with Gasteiger partial charge in [0.1, 0.15) is 11.5 Å². The van der Waals surface area contributed by atoms with Crippen LogP contribution in [0.25, 0.3) is 11.0 Å². The molecule has 0 aliphatic heterocycles. The van der Waals surface area contributed by atoms with E-state index in [-0.39, 0.29) is 6.03 Å². The van der Waals surface area contributed by atoms with Gasteiger partial charge in [0, 0.05) is 12.6 Å². The van der Waals surface area contributed by atoms with Crippen LogP contribution < -0.4 is 10.1 Å². The number of H-pyrrole nitrogens is 1. The standard InChI is InChI=1S/C22H21N3O2/c1-15-8-9-17(12-16(15)2)14-23-22(26)25-21-13-19(10-11-20(21)24-25)27-18-6-4-3-5-7-18/h3-13,24H,14H2,1-2H3,(H,23,26). The zero-order chi connectivity index (χ0) is 18.8. The number of hydrogen-bond acceptors (Lipinski definition) is 2. The number of amides is 1. The van der Waals surface area contributed by atoms with Gasteiger partial charge in [-0.15, -0.1) is 0 Å². The van der Waals surface area contributed by atoms with E-state index in [4.69, 9.17) is 4.74 Å². The van der Waals surface area contributed by atoms with Gasteiger partial charge in [-0.25, -0.2) is 9.48 Å². The first-order chi connectivity index (χ1) is 13.1.